The molecule has 25 heavy (non-hydrogen) atoms. The second-order valence-electron chi connectivity index (χ2n) is 7.39. The van der Waals surface area contributed by atoms with Crippen molar-refractivity contribution in [2.45, 2.75) is 45.3 Å². The Morgan fingerprint density at radius 1 is 1.36 bits per heavy atom. The molecule has 1 aliphatic carbocycles. The number of hydrogen-bond donors (Lipinski definition) is 2. The summed E-state index contributed by atoms with van der Waals surface area (Å²) >= 11 is 0. The minimum atomic E-state index is -1.30. The molecule has 6 heteroatoms. The second kappa shape index (κ2) is 6.33. The maximum Gasteiger partial charge on any atom is 0.330 e. The highest BCUT2D eigenvalue weighted by molar-refractivity contribution is 5.90. The van der Waals surface area contributed by atoms with E-state index in [1.54, 1.807) is 0 Å². The average Bonchev–Trinajstić information content (AvgIpc) is 2.59. The lowest BCUT2D eigenvalue weighted by Gasteiger charge is -2.58. The van der Waals surface area contributed by atoms with Crippen molar-refractivity contribution >= 4 is 11.9 Å². The summed E-state index contributed by atoms with van der Waals surface area (Å²) in [5, 5.41) is 12.6. The molecule has 0 bridgehead atoms. The van der Waals surface area contributed by atoms with Gasteiger partial charge in [0.15, 0.2) is 0 Å². The van der Waals surface area contributed by atoms with Crippen molar-refractivity contribution in [2.75, 3.05) is 13.2 Å². The number of carbonyl (C=O) groups excluding carboxylic acids is 1. The summed E-state index contributed by atoms with van der Waals surface area (Å²) in [6.07, 6.45) is 0.642. The van der Waals surface area contributed by atoms with Crippen LogP contribution in [0.15, 0.2) is 24.3 Å². The molecule has 2 aliphatic rings. The monoisotopic (exact) mass is 347 g/mol. The van der Waals surface area contributed by atoms with Gasteiger partial charge in [0.25, 0.3) is 0 Å². The van der Waals surface area contributed by atoms with Crippen LogP contribution in [0.3, 0.4) is 0 Å². The molecule has 0 saturated heterocycles. The number of carbonyl (C=O) groups is 2. The quantitative estimate of drug-likeness (QED) is 0.851. The molecular formula is C19H25NO5. The van der Waals surface area contributed by atoms with Crippen LogP contribution in [0.2, 0.25) is 0 Å². The summed E-state index contributed by atoms with van der Waals surface area (Å²) in [5.41, 5.74) is -1.02. The Morgan fingerprint density at radius 3 is 2.72 bits per heavy atom. The first-order valence-electron chi connectivity index (χ1n) is 8.69. The Labute approximate surface area is 147 Å². The van der Waals surface area contributed by atoms with Crippen LogP contribution in [0.4, 0.5) is 0 Å². The SMILES string of the molecule is CCO[C@@H]1C[C@@](NC(=O)[C@H]2COc3ccccc3C2)(C(=O)O)C1(C)C. The molecule has 0 unspecified atom stereocenters. The van der Waals surface area contributed by atoms with E-state index in [0.29, 0.717) is 13.0 Å². The third kappa shape index (κ3) is 2.78. The maximum atomic E-state index is 12.8. The van der Waals surface area contributed by atoms with Crippen LogP contribution < -0.4 is 10.1 Å². The predicted octanol–water partition coefficient (Wildman–Crippen LogP) is 2.01. The van der Waals surface area contributed by atoms with Gasteiger partial charge in [-0.3, -0.25) is 4.79 Å². The maximum absolute atomic E-state index is 12.8. The van der Waals surface area contributed by atoms with E-state index in [1.807, 2.05) is 45.0 Å². The summed E-state index contributed by atoms with van der Waals surface area (Å²) in [6.45, 7) is 6.32. The normalized spacial score (nSPS) is 29.7. The Hall–Kier alpha value is -2.08. The minimum Gasteiger partial charge on any atom is -0.492 e. The van der Waals surface area contributed by atoms with Crippen molar-refractivity contribution in [2.24, 2.45) is 11.3 Å². The van der Waals surface area contributed by atoms with Crippen LogP contribution in [0.1, 0.15) is 32.8 Å². The topological polar surface area (TPSA) is 84.9 Å². The zero-order chi connectivity index (χ0) is 18.2. The molecule has 6 nitrogen and oxygen atoms in total. The number of rotatable bonds is 5. The number of amides is 1. The number of hydrogen-bond acceptors (Lipinski definition) is 4. The Kier molecular flexibility index (Phi) is 4.49. The summed E-state index contributed by atoms with van der Waals surface area (Å²) < 4.78 is 11.3. The molecule has 3 rings (SSSR count). The first-order chi connectivity index (χ1) is 11.8. The van der Waals surface area contributed by atoms with Crippen molar-refractivity contribution in [3.8, 4) is 5.75 Å². The van der Waals surface area contributed by atoms with E-state index in [-0.39, 0.29) is 25.0 Å². The van der Waals surface area contributed by atoms with E-state index in [2.05, 4.69) is 5.32 Å². The molecule has 1 aliphatic heterocycles. The van der Waals surface area contributed by atoms with Gasteiger partial charge in [-0.1, -0.05) is 32.0 Å². The molecule has 2 N–H and O–H groups in total. The van der Waals surface area contributed by atoms with E-state index < -0.39 is 22.8 Å². The lowest BCUT2D eigenvalue weighted by atomic mass is 9.54. The van der Waals surface area contributed by atoms with Crippen LogP contribution in [0.25, 0.3) is 0 Å². The molecular weight excluding hydrogens is 322 g/mol. The molecule has 1 amide bonds. The van der Waals surface area contributed by atoms with E-state index in [1.165, 1.54) is 0 Å². The van der Waals surface area contributed by atoms with Gasteiger partial charge >= 0.3 is 5.97 Å². The molecule has 1 saturated carbocycles. The fourth-order valence-corrected chi connectivity index (χ4v) is 3.85. The van der Waals surface area contributed by atoms with Gasteiger partial charge in [0.1, 0.15) is 17.9 Å². The van der Waals surface area contributed by atoms with E-state index in [0.717, 1.165) is 11.3 Å². The Morgan fingerprint density at radius 2 is 2.08 bits per heavy atom. The van der Waals surface area contributed by atoms with Gasteiger partial charge in [0, 0.05) is 18.4 Å². The zero-order valence-corrected chi connectivity index (χ0v) is 14.9. The summed E-state index contributed by atoms with van der Waals surface area (Å²) in [7, 11) is 0. The molecule has 0 spiro atoms. The van der Waals surface area contributed by atoms with Gasteiger partial charge in [0.05, 0.1) is 12.0 Å². The van der Waals surface area contributed by atoms with E-state index >= 15 is 0 Å². The summed E-state index contributed by atoms with van der Waals surface area (Å²) in [6, 6.07) is 7.61. The highest BCUT2D eigenvalue weighted by atomic mass is 16.5. The first kappa shape index (κ1) is 17.7. The number of fused-ring (bicyclic) bond motifs is 1. The number of aliphatic carboxylic acids is 1. The third-order valence-electron chi connectivity index (χ3n) is 5.72. The van der Waals surface area contributed by atoms with Crippen LogP contribution in [0.5, 0.6) is 5.75 Å². The molecule has 1 heterocycles. The van der Waals surface area contributed by atoms with Crippen molar-refractivity contribution in [3.63, 3.8) is 0 Å². The van der Waals surface area contributed by atoms with Crippen LogP contribution in [0, 0.1) is 11.3 Å². The largest absolute Gasteiger partial charge is 0.492 e. The van der Waals surface area contributed by atoms with Crippen LogP contribution >= 0.6 is 0 Å². The standard InChI is InChI=1S/C19H25NO5/c1-4-24-15-10-19(17(22)23,18(15,2)3)20-16(21)13-9-12-7-5-6-8-14(12)25-11-13/h5-8,13,15H,4,9-11H2,1-3H3,(H,20,21)(H,22,23)/t13-,15-,19-/m1/s1. The fourth-order valence-electron chi connectivity index (χ4n) is 3.85. The number of nitrogens with one attached hydrogen (secondary N) is 1. The highest BCUT2D eigenvalue weighted by Crippen LogP contribution is 2.51. The zero-order valence-electron chi connectivity index (χ0n) is 14.9. The van der Waals surface area contributed by atoms with Gasteiger partial charge in [-0.15, -0.1) is 0 Å². The van der Waals surface area contributed by atoms with Gasteiger partial charge in [0.2, 0.25) is 5.91 Å². The van der Waals surface area contributed by atoms with Crippen LogP contribution in [-0.4, -0.2) is 41.8 Å². The molecule has 1 aromatic rings. The van der Waals surface area contributed by atoms with Crippen molar-refractivity contribution < 1.29 is 24.2 Å². The molecule has 3 atom stereocenters. The highest BCUT2D eigenvalue weighted by Gasteiger charge is 2.66. The average molecular weight is 347 g/mol. The van der Waals surface area contributed by atoms with Gasteiger partial charge < -0.3 is 19.9 Å². The van der Waals surface area contributed by atoms with Gasteiger partial charge in [-0.05, 0) is 25.0 Å². The lowest BCUT2D eigenvalue weighted by molar-refractivity contribution is -0.195. The second-order valence-corrected chi connectivity index (χ2v) is 7.39. The molecule has 0 radical (unpaired) electrons. The predicted molar refractivity (Wildman–Crippen MR) is 91.5 cm³/mol. The summed E-state index contributed by atoms with van der Waals surface area (Å²) in [4.78, 5) is 24.8. The van der Waals surface area contributed by atoms with Crippen molar-refractivity contribution in [3.05, 3.63) is 29.8 Å². The molecule has 0 aromatic heterocycles. The number of carboxylic acid groups (broad SMARTS) is 1. The number of benzene rings is 1. The summed E-state index contributed by atoms with van der Waals surface area (Å²) in [5.74, 6) is -0.896. The Bertz CT molecular complexity index is 686. The smallest absolute Gasteiger partial charge is 0.330 e. The first-order valence-corrected chi connectivity index (χ1v) is 8.69. The lowest BCUT2D eigenvalue weighted by Crippen LogP contribution is -2.76. The Balaban J connectivity index is 1.74. The van der Waals surface area contributed by atoms with Crippen LogP contribution in [-0.2, 0) is 20.7 Å². The van der Waals surface area contributed by atoms with Crippen molar-refractivity contribution in [1.82, 2.24) is 5.32 Å². The number of ether oxygens (including phenoxy) is 2. The van der Waals surface area contributed by atoms with E-state index in [9.17, 15) is 14.7 Å². The molecule has 1 fully saturated rings. The van der Waals surface area contributed by atoms with E-state index in [4.69, 9.17) is 9.47 Å². The van der Waals surface area contributed by atoms with Gasteiger partial charge in [-0.25, -0.2) is 4.79 Å². The van der Waals surface area contributed by atoms with Crippen molar-refractivity contribution in [1.29, 1.82) is 0 Å². The third-order valence-corrected chi connectivity index (χ3v) is 5.72. The molecule has 136 valence electrons. The molecule has 1 aromatic carbocycles. The van der Waals surface area contributed by atoms with Gasteiger partial charge in [-0.2, -0.15) is 0 Å². The number of carboxylic acids is 1. The minimum absolute atomic E-state index is 0.183. The number of para-hydroxylation sites is 1. The fraction of sp³-hybridized carbons (Fsp3) is 0.579.